The number of aliphatic imine (C=N–C) groups is 1. The Morgan fingerprint density at radius 1 is 1.64 bits per heavy atom. The molecule has 0 bridgehead atoms. The van der Waals surface area contributed by atoms with Gasteiger partial charge in [0.25, 0.3) is 0 Å². The van der Waals surface area contributed by atoms with Crippen LogP contribution in [0.2, 0.25) is 0 Å². The molecule has 0 fully saturated rings. The molecule has 11 heavy (non-hydrogen) atoms. The molecule has 0 aliphatic carbocycles. The monoisotopic (exact) mass is 155 g/mol. The zero-order valence-electron chi connectivity index (χ0n) is 7.18. The minimum absolute atomic E-state index is 0.142. The molecule has 62 valence electrons. The summed E-state index contributed by atoms with van der Waals surface area (Å²) in [5, 5.41) is 0. The van der Waals surface area contributed by atoms with Gasteiger partial charge in [-0.1, -0.05) is 13.8 Å². The first kappa shape index (κ1) is 8.24. The van der Waals surface area contributed by atoms with Gasteiger partial charge in [-0.05, 0) is 5.41 Å². The number of ether oxygens (including phenoxy) is 1. The molecule has 1 rings (SSSR count). The molecule has 0 aromatic carbocycles. The Labute approximate surface area is 66.5 Å². The van der Waals surface area contributed by atoms with Crippen LogP contribution in [0.5, 0.6) is 0 Å². The van der Waals surface area contributed by atoms with Gasteiger partial charge in [0.05, 0.1) is 7.11 Å². The van der Waals surface area contributed by atoms with Crippen molar-refractivity contribution in [1.29, 1.82) is 0 Å². The van der Waals surface area contributed by atoms with Crippen molar-refractivity contribution in [3.8, 4) is 0 Å². The highest BCUT2D eigenvalue weighted by Crippen LogP contribution is 2.27. The first-order valence-electron chi connectivity index (χ1n) is 3.67. The number of hydrogen-bond donors (Lipinski definition) is 0. The number of methoxy groups -OCH3 is 1. The van der Waals surface area contributed by atoms with Crippen LogP contribution in [0.25, 0.3) is 0 Å². The minimum Gasteiger partial charge on any atom is -0.465 e. The van der Waals surface area contributed by atoms with Gasteiger partial charge in [-0.2, -0.15) is 0 Å². The Balaban J connectivity index is 2.60. The van der Waals surface area contributed by atoms with Crippen molar-refractivity contribution < 1.29 is 9.53 Å². The molecular formula is C8H13NO2. The summed E-state index contributed by atoms with van der Waals surface area (Å²) in [5.41, 5.74) is 0.723. The van der Waals surface area contributed by atoms with Gasteiger partial charge < -0.3 is 4.74 Å². The van der Waals surface area contributed by atoms with Crippen LogP contribution < -0.4 is 0 Å². The average Bonchev–Trinajstić information content (AvgIpc) is 2.29. The Morgan fingerprint density at radius 2 is 2.27 bits per heavy atom. The number of carbonyl (C=O) groups is 1. The van der Waals surface area contributed by atoms with E-state index in [1.54, 1.807) is 0 Å². The number of rotatable bonds is 1. The fraction of sp³-hybridized carbons (Fsp3) is 0.750. The van der Waals surface area contributed by atoms with Crippen LogP contribution in [-0.4, -0.2) is 25.3 Å². The van der Waals surface area contributed by atoms with Crippen LogP contribution >= 0.6 is 0 Å². The fourth-order valence-electron chi connectivity index (χ4n) is 1.13. The van der Waals surface area contributed by atoms with Crippen molar-refractivity contribution in [3.63, 3.8) is 0 Å². The SMILES string of the molecule is COC(=O)C1=NCC(C)(C)C1. The standard InChI is InChI=1S/C8H13NO2/c1-8(2)4-6(9-5-8)7(10)11-3/h4-5H2,1-3H3. The summed E-state index contributed by atoms with van der Waals surface area (Å²) in [7, 11) is 1.39. The lowest BCUT2D eigenvalue weighted by molar-refractivity contribution is -0.132. The quantitative estimate of drug-likeness (QED) is 0.530. The summed E-state index contributed by atoms with van der Waals surface area (Å²) >= 11 is 0. The molecule has 0 atom stereocenters. The molecule has 0 radical (unpaired) electrons. The van der Waals surface area contributed by atoms with E-state index >= 15 is 0 Å². The Kier molecular flexibility index (Phi) is 1.98. The van der Waals surface area contributed by atoms with Crippen molar-refractivity contribution in [2.24, 2.45) is 10.4 Å². The molecule has 0 saturated heterocycles. The topological polar surface area (TPSA) is 38.7 Å². The highest BCUT2D eigenvalue weighted by Gasteiger charge is 2.29. The summed E-state index contributed by atoms with van der Waals surface area (Å²) in [6.07, 6.45) is 0.736. The maximum Gasteiger partial charge on any atom is 0.351 e. The minimum atomic E-state index is -0.282. The number of esters is 1. The van der Waals surface area contributed by atoms with E-state index in [1.807, 2.05) is 0 Å². The van der Waals surface area contributed by atoms with E-state index in [9.17, 15) is 4.79 Å². The molecule has 1 aliphatic heterocycles. The van der Waals surface area contributed by atoms with E-state index < -0.39 is 0 Å². The maximum atomic E-state index is 10.9. The van der Waals surface area contributed by atoms with Crippen LogP contribution in [0.15, 0.2) is 4.99 Å². The third kappa shape index (κ3) is 1.79. The van der Waals surface area contributed by atoms with Gasteiger partial charge in [-0.15, -0.1) is 0 Å². The molecule has 3 heteroatoms. The zero-order chi connectivity index (χ0) is 8.48. The van der Waals surface area contributed by atoms with Gasteiger partial charge in [0.1, 0.15) is 5.71 Å². The van der Waals surface area contributed by atoms with Crippen molar-refractivity contribution in [1.82, 2.24) is 0 Å². The second kappa shape index (κ2) is 2.64. The largest absolute Gasteiger partial charge is 0.465 e. The third-order valence-electron chi connectivity index (χ3n) is 1.76. The molecule has 0 unspecified atom stereocenters. The lowest BCUT2D eigenvalue weighted by Gasteiger charge is -2.13. The Bertz CT molecular complexity index is 206. The van der Waals surface area contributed by atoms with E-state index in [-0.39, 0.29) is 11.4 Å². The van der Waals surface area contributed by atoms with E-state index in [0.29, 0.717) is 5.71 Å². The normalized spacial score (nSPS) is 21.2. The lowest BCUT2D eigenvalue weighted by Crippen LogP contribution is -2.18. The van der Waals surface area contributed by atoms with Crippen LogP contribution in [0, 0.1) is 5.41 Å². The number of nitrogens with zero attached hydrogens (tertiary/aromatic N) is 1. The van der Waals surface area contributed by atoms with Crippen molar-refractivity contribution in [2.45, 2.75) is 20.3 Å². The van der Waals surface area contributed by atoms with E-state index in [0.717, 1.165) is 13.0 Å². The molecule has 0 N–H and O–H groups in total. The van der Waals surface area contributed by atoms with Gasteiger partial charge in [0.15, 0.2) is 0 Å². The average molecular weight is 155 g/mol. The molecule has 0 saturated carbocycles. The maximum absolute atomic E-state index is 10.9. The van der Waals surface area contributed by atoms with E-state index in [1.165, 1.54) is 7.11 Å². The van der Waals surface area contributed by atoms with Gasteiger partial charge in [-0.3, -0.25) is 4.99 Å². The Morgan fingerprint density at radius 3 is 2.64 bits per heavy atom. The fourth-order valence-corrected chi connectivity index (χ4v) is 1.13. The molecule has 0 amide bonds. The smallest absolute Gasteiger partial charge is 0.351 e. The van der Waals surface area contributed by atoms with E-state index in [2.05, 4.69) is 23.6 Å². The predicted molar refractivity (Wildman–Crippen MR) is 42.7 cm³/mol. The molecule has 0 aromatic rings. The van der Waals surface area contributed by atoms with Crippen molar-refractivity contribution >= 4 is 11.7 Å². The Hall–Kier alpha value is -0.860. The summed E-state index contributed by atoms with van der Waals surface area (Å²) in [6.45, 7) is 4.91. The summed E-state index contributed by atoms with van der Waals surface area (Å²) in [6, 6.07) is 0. The zero-order valence-corrected chi connectivity index (χ0v) is 7.18. The van der Waals surface area contributed by atoms with Crippen molar-refractivity contribution in [3.05, 3.63) is 0 Å². The molecule has 1 heterocycles. The van der Waals surface area contributed by atoms with Gasteiger partial charge >= 0.3 is 5.97 Å². The van der Waals surface area contributed by atoms with Gasteiger partial charge in [-0.25, -0.2) is 4.79 Å². The van der Waals surface area contributed by atoms with Gasteiger partial charge in [0, 0.05) is 13.0 Å². The second-order valence-corrected chi connectivity index (χ2v) is 3.60. The predicted octanol–water partition coefficient (Wildman–Crippen LogP) is 1.03. The molecule has 0 spiro atoms. The molecule has 1 aliphatic rings. The van der Waals surface area contributed by atoms with Crippen LogP contribution in [0.3, 0.4) is 0 Å². The molecular weight excluding hydrogens is 142 g/mol. The third-order valence-corrected chi connectivity index (χ3v) is 1.76. The second-order valence-electron chi connectivity index (χ2n) is 3.60. The number of hydrogen-bond acceptors (Lipinski definition) is 3. The summed E-state index contributed by atoms with van der Waals surface area (Å²) in [4.78, 5) is 15.1. The van der Waals surface area contributed by atoms with Crippen molar-refractivity contribution in [2.75, 3.05) is 13.7 Å². The molecule has 0 aromatic heterocycles. The first-order chi connectivity index (χ1) is 5.05. The lowest BCUT2D eigenvalue weighted by atomic mass is 9.90. The highest BCUT2D eigenvalue weighted by molar-refractivity contribution is 6.37. The molecule has 3 nitrogen and oxygen atoms in total. The number of carbonyl (C=O) groups excluding carboxylic acids is 1. The highest BCUT2D eigenvalue weighted by atomic mass is 16.5. The van der Waals surface area contributed by atoms with Crippen LogP contribution in [0.1, 0.15) is 20.3 Å². The van der Waals surface area contributed by atoms with E-state index in [4.69, 9.17) is 0 Å². The van der Waals surface area contributed by atoms with Crippen LogP contribution in [-0.2, 0) is 9.53 Å². The van der Waals surface area contributed by atoms with Crippen LogP contribution in [0.4, 0.5) is 0 Å². The summed E-state index contributed by atoms with van der Waals surface area (Å²) in [5.74, 6) is -0.282. The van der Waals surface area contributed by atoms with Gasteiger partial charge in [0.2, 0.25) is 0 Å². The first-order valence-corrected chi connectivity index (χ1v) is 3.67. The summed E-state index contributed by atoms with van der Waals surface area (Å²) < 4.78 is 4.56.